The fourth-order valence-electron chi connectivity index (χ4n) is 2.83. The number of aryl methyl sites for hydroxylation is 1. The fourth-order valence-corrected chi connectivity index (χ4v) is 3.73. The van der Waals surface area contributed by atoms with Crippen molar-refractivity contribution in [2.75, 3.05) is 25.4 Å². The van der Waals surface area contributed by atoms with Crippen LogP contribution in [0.1, 0.15) is 45.2 Å². The van der Waals surface area contributed by atoms with Gasteiger partial charge in [0.25, 0.3) is 0 Å². The molecule has 0 radical (unpaired) electrons. The predicted molar refractivity (Wildman–Crippen MR) is 92.9 cm³/mol. The maximum Gasteiger partial charge on any atom is 0.317 e. The zero-order chi connectivity index (χ0) is 17.0. The molecule has 0 aromatic carbocycles. The average molecular weight is 340 g/mol. The summed E-state index contributed by atoms with van der Waals surface area (Å²) in [7, 11) is 1.03. The minimum Gasteiger partial charge on any atom is -0.337 e. The van der Waals surface area contributed by atoms with Crippen molar-refractivity contribution in [2.45, 2.75) is 44.3 Å². The lowest BCUT2D eigenvalue weighted by Crippen LogP contribution is -2.45. The number of carbonyl (C=O) groups is 1. The van der Waals surface area contributed by atoms with Crippen molar-refractivity contribution < 1.29 is 9.00 Å². The third-order valence-corrected chi connectivity index (χ3v) is 6.25. The molecular formula is C16H28N4O2S. The van der Waals surface area contributed by atoms with Crippen molar-refractivity contribution in [1.29, 1.82) is 0 Å². The van der Waals surface area contributed by atoms with Gasteiger partial charge in [-0.15, -0.1) is 0 Å². The van der Waals surface area contributed by atoms with E-state index in [2.05, 4.69) is 16.5 Å². The minimum absolute atomic E-state index is 0.0423. The number of likely N-dealkylation sites (tertiary alicyclic amines) is 1. The molecule has 1 aromatic rings. The smallest absolute Gasteiger partial charge is 0.317 e. The second-order valence-electron chi connectivity index (χ2n) is 7.03. The van der Waals surface area contributed by atoms with E-state index in [1.807, 2.05) is 43.6 Å². The van der Waals surface area contributed by atoms with E-state index in [0.29, 0.717) is 18.2 Å². The SMILES string of the molecule is Cn1nccc1C1CCN(C(=O)NCC[S@@](=O)C(C)(C)C)CC1. The second kappa shape index (κ2) is 7.47. The van der Waals surface area contributed by atoms with Crippen LogP contribution in [0.4, 0.5) is 4.79 Å². The summed E-state index contributed by atoms with van der Waals surface area (Å²) in [6, 6.07) is 2.02. The third-order valence-electron chi connectivity index (χ3n) is 4.31. The molecule has 0 spiro atoms. The van der Waals surface area contributed by atoms with Crippen molar-refractivity contribution in [3.05, 3.63) is 18.0 Å². The zero-order valence-electron chi connectivity index (χ0n) is 14.5. The second-order valence-corrected chi connectivity index (χ2v) is 9.36. The van der Waals surface area contributed by atoms with Crippen molar-refractivity contribution in [3.8, 4) is 0 Å². The first-order valence-corrected chi connectivity index (χ1v) is 9.50. The first-order valence-electron chi connectivity index (χ1n) is 8.18. The number of piperidine rings is 1. The largest absolute Gasteiger partial charge is 0.337 e. The summed E-state index contributed by atoms with van der Waals surface area (Å²) in [5, 5.41) is 7.11. The molecule has 130 valence electrons. The van der Waals surface area contributed by atoms with Crippen LogP contribution >= 0.6 is 0 Å². The van der Waals surface area contributed by atoms with Gasteiger partial charge in [0.2, 0.25) is 0 Å². The van der Waals surface area contributed by atoms with Gasteiger partial charge in [0.15, 0.2) is 0 Å². The van der Waals surface area contributed by atoms with Gasteiger partial charge in [0, 0.05) is 65.8 Å². The Morgan fingerprint density at radius 1 is 1.39 bits per heavy atom. The van der Waals surface area contributed by atoms with Gasteiger partial charge in [-0.2, -0.15) is 5.10 Å². The molecule has 1 aliphatic rings. The minimum atomic E-state index is -0.930. The molecule has 1 saturated heterocycles. The van der Waals surface area contributed by atoms with Gasteiger partial charge in [0.1, 0.15) is 0 Å². The molecule has 7 heteroatoms. The number of nitrogens with one attached hydrogen (secondary N) is 1. The standard InChI is InChI=1S/C16H28N4O2S/c1-16(2,3)23(22)12-9-17-15(21)20-10-6-13(7-11-20)14-5-8-18-19(14)4/h5,8,13H,6-7,9-12H2,1-4H3,(H,17,21)/t23-/m1/s1. The Morgan fingerprint density at radius 2 is 2.04 bits per heavy atom. The molecule has 0 bridgehead atoms. The summed E-state index contributed by atoms with van der Waals surface area (Å²) < 4.78 is 13.7. The number of hydrogen-bond donors (Lipinski definition) is 1. The quantitative estimate of drug-likeness (QED) is 0.910. The van der Waals surface area contributed by atoms with Crippen molar-refractivity contribution in [2.24, 2.45) is 7.05 Å². The molecule has 0 saturated carbocycles. The molecule has 0 aliphatic carbocycles. The number of amides is 2. The highest BCUT2D eigenvalue weighted by Crippen LogP contribution is 2.27. The molecule has 1 atom stereocenters. The van der Waals surface area contributed by atoms with E-state index >= 15 is 0 Å². The van der Waals surface area contributed by atoms with Gasteiger partial charge in [-0.25, -0.2) is 4.79 Å². The van der Waals surface area contributed by atoms with Crippen molar-refractivity contribution in [3.63, 3.8) is 0 Å². The van der Waals surface area contributed by atoms with E-state index in [1.165, 1.54) is 5.69 Å². The van der Waals surface area contributed by atoms with E-state index in [9.17, 15) is 9.00 Å². The summed E-state index contributed by atoms with van der Waals surface area (Å²) in [5.41, 5.74) is 1.24. The van der Waals surface area contributed by atoms with Gasteiger partial charge >= 0.3 is 6.03 Å². The summed E-state index contributed by atoms with van der Waals surface area (Å²) in [6.07, 6.45) is 3.74. The van der Waals surface area contributed by atoms with Gasteiger partial charge in [-0.3, -0.25) is 8.89 Å². The van der Waals surface area contributed by atoms with Crippen LogP contribution in [0.3, 0.4) is 0 Å². The normalized spacial score (nSPS) is 18.0. The van der Waals surface area contributed by atoms with E-state index in [-0.39, 0.29) is 10.8 Å². The highest BCUT2D eigenvalue weighted by Gasteiger charge is 2.25. The van der Waals surface area contributed by atoms with Crippen LogP contribution in [-0.2, 0) is 17.8 Å². The lowest BCUT2D eigenvalue weighted by atomic mass is 9.93. The van der Waals surface area contributed by atoms with Crippen LogP contribution in [0.5, 0.6) is 0 Å². The Bertz CT molecular complexity index is 557. The van der Waals surface area contributed by atoms with E-state index in [0.717, 1.165) is 25.9 Å². The molecule has 1 aromatic heterocycles. The van der Waals surface area contributed by atoms with Crippen LogP contribution in [-0.4, -0.2) is 55.1 Å². The van der Waals surface area contributed by atoms with Crippen LogP contribution in [0.15, 0.2) is 12.3 Å². The van der Waals surface area contributed by atoms with E-state index in [1.54, 1.807) is 0 Å². The Labute approximate surface area is 141 Å². The van der Waals surface area contributed by atoms with E-state index in [4.69, 9.17) is 0 Å². The number of aromatic nitrogens is 2. The maximum absolute atomic E-state index is 12.2. The summed E-state index contributed by atoms with van der Waals surface area (Å²) in [6.45, 7) is 7.83. The van der Waals surface area contributed by atoms with Crippen molar-refractivity contribution >= 4 is 16.8 Å². The Kier molecular flexibility index (Phi) is 5.84. The topological polar surface area (TPSA) is 67.2 Å². The Balaban J connectivity index is 1.74. The van der Waals surface area contributed by atoms with Crippen molar-refractivity contribution in [1.82, 2.24) is 20.0 Å². The number of carbonyl (C=O) groups excluding carboxylic acids is 1. The lowest BCUT2D eigenvalue weighted by Gasteiger charge is -2.32. The third kappa shape index (κ3) is 4.80. The molecule has 2 amide bonds. The zero-order valence-corrected chi connectivity index (χ0v) is 15.4. The average Bonchev–Trinajstić information content (AvgIpc) is 2.92. The molecule has 1 N–H and O–H groups in total. The summed E-state index contributed by atoms with van der Waals surface area (Å²) >= 11 is 0. The first kappa shape index (κ1) is 18.0. The number of nitrogens with zero attached hydrogens (tertiary/aromatic N) is 3. The highest BCUT2D eigenvalue weighted by molar-refractivity contribution is 7.86. The Hall–Kier alpha value is -1.37. The number of rotatable bonds is 4. The van der Waals surface area contributed by atoms with Crippen LogP contribution in [0.25, 0.3) is 0 Å². The van der Waals surface area contributed by atoms with Crippen LogP contribution < -0.4 is 5.32 Å². The molecule has 0 unspecified atom stereocenters. The van der Waals surface area contributed by atoms with Gasteiger partial charge in [-0.1, -0.05) is 0 Å². The molecule has 2 heterocycles. The highest BCUT2D eigenvalue weighted by atomic mass is 32.2. The van der Waals surface area contributed by atoms with E-state index < -0.39 is 10.8 Å². The predicted octanol–water partition coefficient (Wildman–Crippen LogP) is 1.86. The summed E-state index contributed by atoms with van der Waals surface area (Å²) in [5.74, 6) is 0.973. The summed E-state index contributed by atoms with van der Waals surface area (Å²) in [4.78, 5) is 14.0. The lowest BCUT2D eigenvalue weighted by molar-refractivity contribution is 0.181. The molecule has 23 heavy (non-hydrogen) atoms. The molecular weight excluding hydrogens is 312 g/mol. The Morgan fingerprint density at radius 3 is 2.57 bits per heavy atom. The number of urea groups is 1. The van der Waals surface area contributed by atoms with Gasteiger partial charge in [0.05, 0.1) is 0 Å². The molecule has 1 fully saturated rings. The molecule has 2 rings (SSSR count). The number of hydrogen-bond acceptors (Lipinski definition) is 3. The van der Waals surface area contributed by atoms with Crippen LogP contribution in [0.2, 0.25) is 0 Å². The molecule has 1 aliphatic heterocycles. The van der Waals surface area contributed by atoms with Crippen LogP contribution in [0, 0.1) is 0 Å². The first-order chi connectivity index (χ1) is 10.8. The van der Waals surface area contributed by atoms with Gasteiger partial charge in [-0.05, 0) is 39.7 Å². The fraction of sp³-hybridized carbons (Fsp3) is 0.750. The monoisotopic (exact) mass is 340 g/mol. The van der Waals surface area contributed by atoms with Gasteiger partial charge < -0.3 is 10.2 Å². The molecule has 6 nitrogen and oxygen atoms in total. The maximum atomic E-state index is 12.2.